The maximum Gasteiger partial charge on any atom is 0.573 e. The predicted octanol–water partition coefficient (Wildman–Crippen LogP) is 4.57. The molecule has 3 atom stereocenters. The van der Waals surface area contributed by atoms with Gasteiger partial charge in [0.05, 0.1) is 11.5 Å². The van der Waals surface area contributed by atoms with Gasteiger partial charge in [0.15, 0.2) is 0 Å². The number of carbonyl (C=O) groups is 3. The highest BCUT2D eigenvalue weighted by Crippen LogP contribution is 2.46. The number of nitrogens with one attached hydrogen (secondary N) is 2. The molecule has 0 radical (unpaired) electrons. The zero-order valence-corrected chi connectivity index (χ0v) is 22.6. The summed E-state index contributed by atoms with van der Waals surface area (Å²) in [6, 6.07) is 12.7. The molecule has 1 spiro atoms. The molecule has 2 aliphatic heterocycles. The minimum absolute atomic E-state index is 0.0198. The van der Waals surface area contributed by atoms with Crippen molar-refractivity contribution < 1.29 is 32.3 Å². The Kier molecular flexibility index (Phi) is 6.93. The summed E-state index contributed by atoms with van der Waals surface area (Å²) in [5, 5.41) is 12.9. The summed E-state index contributed by atoms with van der Waals surface area (Å²) >= 11 is 0. The van der Waals surface area contributed by atoms with Gasteiger partial charge in [-0.25, -0.2) is 0 Å². The number of para-hydroxylation sites is 1. The first-order valence-electron chi connectivity index (χ1n) is 13.1. The Hall–Kier alpha value is -4.53. The number of likely N-dealkylation sites (tertiary alicyclic amines) is 1. The second-order valence-electron chi connectivity index (χ2n) is 10.9. The van der Waals surface area contributed by atoms with Crippen molar-refractivity contribution in [1.82, 2.24) is 14.8 Å². The lowest BCUT2D eigenvalue weighted by Gasteiger charge is -2.33. The van der Waals surface area contributed by atoms with E-state index in [9.17, 15) is 32.8 Å². The van der Waals surface area contributed by atoms with Gasteiger partial charge in [-0.2, -0.15) is 5.26 Å². The largest absolute Gasteiger partial charge is 0.573 e. The molecular weight excluding hydrogens is 539 g/mol. The number of carbonyl (C=O) groups excluding carboxylic acids is 3. The molecule has 2 aromatic carbocycles. The van der Waals surface area contributed by atoms with E-state index < -0.39 is 41.4 Å². The summed E-state index contributed by atoms with van der Waals surface area (Å²) in [5.74, 6) is -1.87. The van der Waals surface area contributed by atoms with Gasteiger partial charge in [-0.1, -0.05) is 38.1 Å². The smallest absolute Gasteiger partial charge is 0.405 e. The van der Waals surface area contributed by atoms with Gasteiger partial charge in [0.25, 0.3) is 5.91 Å². The minimum Gasteiger partial charge on any atom is -0.405 e. The number of nitriles is 1. The summed E-state index contributed by atoms with van der Waals surface area (Å²) in [6.45, 7) is 3.75. The Balaban J connectivity index is 1.45. The molecule has 1 unspecified atom stereocenters. The van der Waals surface area contributed by atoms with Crippen molar-refractivity contribution in [2.75, 3.05) is 18.9 Å². The van der Waals surface area contributed by atoms with Gasteiger partial charge >= 0.3 is 6.36 Å². The van der Waals surface area contributed by atoms with Crippen molar-refractivity contribution in [1.29, 1.82) is 5.26 Å². The molecule has 5 rings (SSSR count). The highest BCUT2D eigenvalue weighted by atomic mass is 19.4. The van der Waals surface area contributed by atoms with Crippen molar-refractivity contribution in [3.05, 3.63) is 59.8 Å². The molecule has 2 N–H and O–H groups in total. The molecule has 12 heteroatoms. The lowest BCUT2D eigenvalue weighted by Crippen LogP contribution is -2.52. The predicted molar refractivity (Wildman–Crippen MR) is 143 cm³/mol. The third-order valence-electron chi connectivity index (χ3n) is 7.76. The zero-order chi connectivity index (χ0) is 29.7. The molecule has 214 valence electrons. The van der Waals surface area contributed by atoms with Crippen molar-refractivity contribution >= 4 is 34.3 Å². The number of aromatic nitrogens is 1. The quantitative estimate of drug-likeness (QED) is 0.453. The molecule has 1 fully saturated rings. The van der Waals surface area contributed by atoms with Crippen LogP contribution in [0.4, 0.5) is 18.9 Å². The van der Waals surface area contributed by atoms with Crippen LogP contribution in [0, 0.1) is 17.2 Å². The summed E-state index contributed by atoms with van der Waals surface area (Å²) in [4.78, 5) is 46.3. The number of halogens is 3. The molecule has 2 aliphatic rings. The van der Waals surface area contributed by atoms with Gasteiger partial charge < -0.3 is 24.8 Å². The van der Waals surface area contributed by atoms with Crippen LogP contribution in [0.25, 0.3) is 10.9 Å². The Morgan fingerprint density at radius 2 is 1.95 bits per heavy atom. The second-order valence-corrected chi connectivity index (χ2v) is 10.9. The van der Waals surface area contributed by atoms with Crippen LogP contribution < -0.4 is 10.1 Å². The number of aromatic amines is 1. The Labute approximate surface area is 233 Å². The van der Waals surface area contributed by atoms with E-state index in [1.165, 1.54) is 35.0 Å². The number of anilines is 1. The highest BCUT2D eigenvalue weighted by Gasteiger charge is 2.56. The monoisotopic (exact) mass is 567 g/mol. The SMILES string of the molecule is CC(C)C[C@@H](C(=O)N1C[C@]2(CC1C#N)C(=O)Nc1ccccc12)N(C)C(=O)c1cc2c(OC(F)(F)F)cccc2[nH]1. The molecule has 41 heavy (non-hydrogen) atoms. The van der Waals surface area contributed by atoms with E-state index in [2.05, 4.69) is 21.1 Å². The molecule has 0 aliphatic carbocycles. The lowest BCUT2D eigenvalue weighted by atomic mass is 9.80. The van der Waals surface area contributed by atoms with Gasteiger partial charge in [-0.3, -0.25) is 14.4 Å². The fraction of sp³-hybridized carbons (Fsp3) is 0.379. The maximum atomic E-state index is 14.1. The first-order chi connectivity index (χ1) is 19.3. The van der Waals surface area contributed by atoms with Crippen LogP contribution >= 0.6 is 0 Å². The average molecular weight is 568 g/mol. The van der Waals surface area contributed by atoms with Gasteiger partial charge in [0.2, 0.25) is 11.8 Å². The Morgan fingerprint density at radius 1 is 1.22 bits per heavy atom. The van der Waals surface area contributed by atoms with Crippen LogP contribution in [0.2, 0.25) is 0 Å². The summed E-state index contributed by atoms with van der Waals surface area (Å²) in [5.41, 5.74) is 0.514. The number of nitrogens with zero attached hydrogens (tertiary/aromatic N) is 3. The van der Waals surface area contributed by atoms with E-state index in [1.54, 1.807) is 18.2 Å². The van der Waals surface area contributed by atoms with Crippen LogP contribution in [0.1, 0.15) is 42.7 Å². The van der Waals surface area contributed by atoms with E-state index in [4.69, 9.17) is 0 Å². The third-order valence-corrected chi connectivity index (χ3v) is 7.76. The highest BCUT2D eigenvalue weighted by molar-refractivity contribution is 6.07. The lowest BCUT2D eigenvalue weighted by molar-refractivity contribution is -0.274. The molecule has 0 saturated carbocycles. The van der Waals surface area contributed by atoms with E-state index in [1.807, 2.05) is 19.9 Å². The van der Waals surface area contributed by atoms with E-state index in [0.29, 0.717) is 5.69 Å². The fourth-order valence-electron chi connectivity index (χ4n) is 5.84. The summed E-state index contributed by atoms with van der Waals surface area (Å²) < 4.78 is 42.8. The number of ether oxygens (including phenoxy) is 1. The van der Waals surface area contributed by atoms with Gasteiger partial charge in [-0.05, 0) is 42.2 Å². The number of amides is 3. The van der Waals surface area contributed by atoms with E-state index in [0.717, 1.165) is 11.6 Å². The number of hydrogen-bond acceptors (Lipinski definition) is 5. The van der Waals surface area contributed by atoms with Crippen LogP contribution in [-0.2, 0) is 15.0 Å². The topological polar surface area (TPSA) is 119 Å². The third kappa shape index (κ3) is 4.96. The molecule has 1 saturated heterocycles. The minimum atomic E-state index is -4.91. The van der Waals surface area contributed by atoms with Crippen molar-refractivity contribution in [2.45, 2.75) is 50.6 Å². The van der Waals surface area contributed by atoms with Crippen LogP contribution in [-0.4, -0.2) is 64.5 Å². The van der Waals surface area contributed by atoms with Crippen molar-refractivity contribution in [3.8, 4) is 11.8 Å². The first kappa shape index (κ1) is 28.0. The standard InChI is InChI=1S/C29H28F3N5O4/c1-16(2)11-23(36(3)25(38)22-12-18-20(34-22)9-6-10-24(18)41-29(30,31)32)26(39)37-15-28(13-17(37)14-33)19-7-4-5-8-21(19)35-27(28)40/h4-10,12,16-17,23,34H,11,13,15H2,1-3H3,(H,35,40)/t17?,23-,28-/m0/s1. The molecule has 3 heterocycles. The Bertz CT molecular complexity index is 1580. The van der Waals surface area contributed by atoms with Crippen molar-refractivity contribution in [3.63, 3.8) is 0 Å². The Morgan fingerprint density at radius 3 is 2.63 bits per heavy atom. The van der Waals surface area contributed by atoms with Crippen LogP contribution in [0.15, 0.2) is 48.5 Å². The molecule has 9 nitrogen and oxygen atoms in total. The van der Waals surface area contributed by atoms with Gasteiger partial charge in [0, 0.05) is 36.6 Å². The number of alkyl halides is 3. The number of rotatable bonds is 6. The maximum absolute atomic E-state index is 14.1. The molecule has 0 bridgehead atoms. The van der Waals surface area contributed by atoms with E-state index in [-0.39, 0.29) is 47.8 Å². The van der Waals surface area contributed by atoms with Crippen LogP contribution in [0.3, 0.4) is 0 Å². The zero-order valence-electron chi connectivity index (χ0n) is 22.6. The van der Waals surface area contributed by atoms with Crippen LogP contribution in [0.5, 0.6) is 5.75 Å². The normalized spacial score (nSPS) is 20.7. The number of fused-ring (bicyclic) bond motifs is 3. The van der Waals surface area contributed by atoms with Crippen molar-refractivity contribution in [2.24, 2.45) is 5.92 Å². The average Bonchev–Trinajstić information content (AvgIpc) is 3.60. The molecule has 3 amide bonds. The summed E-state index contributed by atoms with van der Waals surface area (Å²) in [6.07, 6.45) is -4.54. The fourth-order valence-corrected chi connectivity index (χ4v) is 5.84. The number of hydrogen-bond donors (Lipinski definition) is 2. The second kappa shape index (κ2) is 10.1. The van der Waals surface area contributed by atoms with Gasteiger partial charge in [0.1, 0.15) is 23.5 Å². The summed E-state index contributed by atoms with van der Waals surface area (Å²) in [7, 11) is 1.44. The molecular formula is C29H28F3N5O4. The number of benzene rings is 2. The van der Waals surface area contributed by atoms with E-state index >= 15 is 0 Å². The molecule has 3 aromatic rings. The van der Waals surface area contributed by atoms with Gasteiger partial charge in [-0.15, -0.1) is 13.2 Å². The number of H-pyrrole nitrogens is 1. The first-order valence-corrected chi connectivity index (χ1v) is 13.1. The number of likely N-dealkylation sites (N-methyl/N-ethyl adjacent to an activating group) is 1. The molecule has 1 aromatic heterocycles.